The molecule has 0 spiro atoms. The van der Waals surface area contributed by atoms with E-state index in [1.54, 1.807) is 23.2 Å². The number of methoxy groups -OCH3 is 1. The van der Waals surface area contributed by atoms with Gasteiger partial charge in [0.15, 0.2) is 0 Å². The minimum Gasteiger partial charge on any atom is -0.481 e. The van der Waals surface area contributed by atoms with Gasteiger partial charge in [-0.1, -0.05) is 0 Å². The molecule has 1 fully saturated rings. The van der Waals surface area contributed by atoms with E-state index >= 15 is 0 Å². The summed E-state index contributed by atoms with van der Waals surface area (Å²) >= 11 is 1.55. The number of thiophene rings is 1. The summed E-state index contributed by atoms with van der Waals surface area (Å²) in [5.41, 5.74) is 0.442. The van der Waals surface area contributed by atoms with Crippen LogP contribution in [0.15, 0.2) is 21.2 Å². The largest absolute Gasteiger partial charge is 0.481 e. The molecule has 26 heavy (non-hydrogen) atoms. The van der Waals surface area contributed by atoms with Crippen LogP contribution in [-0.4, -0.2) is 53.7 Å². The van der Waals surface area contributed by atoms with Crippen molar-refractivity contribution in [1.82, 2.24) is 9.88 Å². The van der Waals surface area contributed by atoms with Crippen molar-refractivity contribution in [2.24, 2.45) is 5.41 Å². The van der Waals surface area contributed by atoms with Gasteiger partial charge in [-0.15, -0.1) is 0 Å². The highest BCUT2D eigenvalue weighted by Crippen LogP contribution is 2.31. The third-order valence-electron chi connectivity index (χ3n) is 4.78. The Hall–Kier alpha value is -2.19. The first-order chi connectivity index (χ1) is 12.4. The molecule has 1 atom stereocenters. The zero-order valence-electron chi connectivity index (χ0n) is 14.9. The zero-order valence-corrected chi connectivity index (χ0v) is 15.7. The molecule has 1 N–H and O–H groups in total. The highest BCUT2D eigenvalue weighted by atomic mass is 32.1. The summed E-state index contributed by atoms with van der Waals surface area (Å²) < 4.78 is 10.8. The van der Waals surface area contributed by atoms with Gasteiger partial charge < -0.3 is 19.2 Å². The lowest BCUT2D eigenvalue weighted by Crippen LogP contribution is -2.52. The lowest BCUT2D eigenvalue weighted by Gasteiger charge is -2.39. The van der Waals surface area contributed by atoms with E-state index in [1.165, 1.54) is 7.11 Å². The van der Waals surface area contributed by atoms with Crippen LogP contribution in [-0.2, 0) is 20.7 Å². The maximum absolute atomic E-state index is 12.7. The van der Waals surface area contributed by atoms with Gasteiger partial charge in [0.1, 0.15) is 11.2 Å². The van der Waals surface area contributed by atoms with Crippen LogP contribution in [0.5, 0.6) is 0 Å². The molecule has 1 aliphatic heterocycles. The van der Waals surface area contributed by atoms with E-state index in [-0.39, 0.29) is 25.5 Å². The number of likely N-dealkylation sites (tertiary alicyclic amines) is 1. The van der Waals surface area contributed by atoms with Gasteiger partial charge in [-0.05, 0) is 31.2 Å². The predicted molar refractivity (Wildman–Crippen MR) is 96.0 cm³/mol. The van der Waals surface area contributed by atoms with Crippen LogP contribution < -0.4 is 0 Å². The van der Waals surface area contributed by atoms with Crippen LogP contribution in [0.2, 0.25) is 0 Å². The fourth-order valence-electron chi connectivity index (χ4n) is 3.33. The predicted octanol–water partition coefficient (Wildman–Crippen LogP) is 2.59. The molecule has 3 heterocycles. The van der Waals surface area contributed by atoms with Crippen molar-refractivity contribution in [3.8, 4) is 11.5 Å². The second-order valence-corrected chi connectivity index (χ2v) is 7.43. The van der Waals surface area contributed by atoms with Crippen molar-refractivity contribution in [2.45, 2.75) is 26.2 Å². The van der Waals surface area contributed by atoms with Crippen LogP contribution in [0.4, 0.5) is 0 Å². The number of oxazole rings is 1. The fourth-order valence-corrected chi connectivity index (χ4v) is 3.96. The molecule has 140 valence electrons. The Bertz CT molecular complexity index is 782. The number of hydrogen-bond donors (Lipinski definition) is 1. The molecule has 0 saturated carbocycles. The number of hydrogen-bond acceptors (Lipinski definition) is 6. The highest BCUT2D eigenvalue weighted by molar-refractivity contribution is 7.08. The molecule has 8 heteroatoms. The molecule has 1 unspecified atom stereocenters. The van der Waals surface area contributed by atoms with Gasteiger partial charge in [-0.2, -0.15) is 11.3 Å². The van der Waals surface area contributed by atoms with E-state index in [0.717, 1.165) is 5.56 Å². The SMILES string of the molecule is COCC1(C(=O)O)CCCN(C(=O)Cc2nc(-c3ccsc3)oc2C)C1. The molecule has 3 rings (SSSR count). The Kier molecular flexibility index (Phi) is 5.43. The van der Waals surface area contributed by atoms with Gasteiger partial charge in [0, 0.05) is 31.1 Å². The standard InChI is InChI=1S/C18H22N2O5S/c1-12-14(19-16(25-12)13-4-7-26-9-13)8-15(21)20-6-3-5-18(10-20,11-24-2)17(22)23/h4,7,9H,3,5-6,8,10-11H2,1-2H3,(H,22,23). The molecule has 7 nitrogen and oxygen atoms in total. The summed E-state index contributed by atoms with van der Waals surface area (Å²) in [6, 6.07) is 1.91. The Morgan fingerprint density at radius 1 is 1.50 bits per heavy atom. The number of carboxylic acid groups (broad SMARTS) is 1. The van der Waals surface area contributed by atoms with Crippen LogP contribution in [0, 0.1) is 12.3 Å². The summed E-state index contributed by atoms with van der Waals surface area (Å²) in [6.45, 7) is 2.58. The van der Waals surface area contributed by atoms with Crippen LogP contribution in [0.1, 0.15) is 24.3 Å². The number of nitrogens with zero attached hydrogens (tertiary/aromatic N) is 2. The maximum Gasteiger partial charge on any atom is 0.313 e. The molecule has 1 saturated heterocycles. The van der Waals surface area contributed by atoms with Crippen molar-refractivity contribution < 1.29 is 23.8 Å². The van der Waals surface area contributed by atoms with Crippen molar-refractivity contribution in [3.63, 3.8) is 0 Å². The highest BCUT2D eigenvalue weighted by Gasteiger charge is 2.43. The molecule has 0 radical (unpaired) electrons. The number of rotatable bonds is 6. The van der Waals surface area contributed by atoms with Crippen molar-refractivity contribution in [1.29, 1.82) is 0 Å². The number of ether oxygens (including phenoxy) is 1. The first-order valence-corrected chi connectivity index (χ1v) is 9.38. The van der Waals surface area contributed by atoms with Crippen molar-refractivity contribution in [3.05, 3.63) is 28.3 Å². The van der Waals surface area contributed by atoms with Crippen LogP contribution in [0.25, 0.3) is 11.5 Å². The Morgan fingerprint density at radius 3 is 2.96 bits per heavy atom. The quantitative estimate of drug-likeness (QED) is 0.830. The van der Waals surface area contributed by atoms with Crippen molar-refractivity contribution >= 4 is 23.2 Å². The minimum absolute atomic E-state index is 0.0946. The van der Waals surface area contributed by atoms with E-state index in [0.29, 0.717) is 36.7 Å². The molecule has 0 aromatic carbocycles. The van der Waals surface area contributed by atoms with Gasteiger partial charge >= 0.3 is 5.97 Å². The summed E-state index contributed by atoms with van der Waals surface area (Å²) in [4.78, 5) is 30.5. The first-order valence-electron chi connectivity index (χ1n) is 8.44. The van der Waals surface area contributed by atoms with Gasteiger partial charge in [-0.3, -0.25) is 9.59 Å². The molecule has 0 bridgehead atoms. The minimum atomic E-state index is -1.04. The average Bonchev–Trinajstić information content (AvgIpc) is 3.25. The van der Waals surface area contributed by atoms with E-state index in [2.05, 4.69) is 4.98 Å². The Balaban J connectivity index is 1.73. The van der Waals surface area contributed by atoms with E-state index < -0.39 is 11.4 Å². The van der Waals surface area contributed by atoms with Gasteiger partial charge in [0.25, 0.3) is 0 Å². The molecule has 1 aliphatic rings. The lowest BCUT2D eigenvalue weighted by atomic mass is 9.80. The number of piperidine rings is 1. The molecule has 2 aromatic heterocycles. The number of amides is 1. The van der Waals surface area contributed by atoms with Crippen LogP contribution >= 0.6 is 11.3 Å². The molecular weight excluding hydrogens is 356 g/mol. The van der Waals surface area contributed by atoms with Crippen molar-refractivity contribution in [2.75, 3.05) is 26.8 Å². The summed E-state index contributed by atoms with van der Waals surface area (Å²) in [5, 5.41) is 13.5. The third kappa shape index (κ3) is 3.66. The number of carbonyl (C=O) groups is 2. The lowest BCUT2D eigenvalue weighted by molar-refractivity contribution is -0.159. The molecule has 2 aromatic rings. The number of aryl methyl sites for hydroxylation is 1. The summed E-state index contributed by atoms with van der Waals surface area (Å²) in [7, 11) is 1.48. The number of aliphatic carboxylic acids is 1. The number of carbonyl (C=O) groups excluding carboxylic acids is 1. The molecular formula is C18H22N2O5S. The second kappa shape index (κ2) is 7.59. The van der Waals surface area contributed by atoms with Gasteiger partial charge in [0.05, 0.1) is 18.7 Å². The van der Waals surface area contributed by atoms with Gasteiger partial charge in [-0.25, -0.2) is 4.98 Å². The summed E-state index contributed by atoms with van der Waals surface area (Å²) in [5.74, 6) is 0.0521. The monoisotopic (exact) mass is 378 g/mol. The topological polar surface area (TPSA) is 92.9 Å². The van der Waals surface area contributed by atoms with Gasteiger partial charge in [0.2, 0.25) is 11.8 Å². The summed E-state index contributed by atoms with van der Waals surface area (Å²) in [6.07, 6.45) is 1.24. The third-order valence-corrected chi connectivity index (χ3v) is 5.47. The average molecular weight is 378 g/mol. The smallest absolute Gasteiger partial charge is 0.313 e. The van der Waals surface area contributed by atoms with E-state index in [4.69, 9.17) is 9.15 Å². The molecule has 0 aliphatic carbocycles. The van der Waals surface area contributed by atoms with E-state index in [9.17, 15) is 14.7 Å². The first kappa shape index (κ1) is 18.6. The molecule has 1 amide bonds. The Morgan fingerprint density at radius 2 is 2.31 bits per heavy atom. The van der Waals surface area contributed by atoms with E-state index in [1.807, 2.05) is 16.8 Å². The van der Waals surface area contributed by atoms with Crippen LogP contribution in [0.3, 0.4) is 0 Å². The second-order valence-electron chi connectivity index (χ2n) is 6.65. The zero-order chi connectivity index (χ0) is 18.7. The number of carboxylic acids is 1. The Labute approximate surface area is 155 Å². The fraction of sp³-hybridized carbons (Fsp3) is 0.500. The number of aromatic nitrogens is 1. The maximum atomic E-state index is 12.7. The normalized spacial score (nSPS) is 20.3.